The van der Waals surface area contributed by atoms with Gasteiger partial charge in [-0.15, -0.1) is 0 Å². The van der Waals surface area contributed by atoms with Crippen molar-refractivity contribution in [1.82, 2.24) is 0 Å². The van der Waals surface area contributed by atoms with Gasteiger partial charge < -0.3 is 4.74 Å². The molecule has 5 heteroatoms. The highest BCUT2D eigenvalue weighted by Gasteiger charge is 2.08. The zero-order chi connectivity index (χ0) is 14.5. The van der Waals surface area contributed by atoms with Crippen LogP contribution < -0.4 is 10.2 Å². The van der Waals surface area contributed by atoms with E-state index in [9.17, 15) is 4.79 Å². The molecule has 5 nitrogen and oxygen atoms in total. The fraction of sp³-hybridized carbons (Fsp3) is 0.133. The summed E-state index contributed by atoms with van der Waals surface area (Å²) in [6, 6.07) is 5.39. The van der Waals surface area contributed by atoms with E-state index in [2.05, 4.69) is 10.5 Å². The zero-order valence-electron chi connectivity index (χ0n) is 11.3. The van der Waals surface area contributed by atoms with Crippen molar-refractivity contribution in [3.63, 3.8) is 0 Å². The maximum atomic E-state index is 11.1. The van der Waals surface area contributed by atoms with E-state index in [1.807, 2.05) is 25.1 Å². The Balaban J connectivity index is 2.24. The molecule has 1 aromatic carbocycles. The average Bonchev–Trinajstić information content (AvgIpc) is 2.40. The third-order valence-electron chi connectivity index (χ3n) is 2.59. The first-order chi connectivity index (χ1) is 9.56. The highest BCUT2D eigenvalue weighted by atomic mass is 16.5. The Morgan fingerprint density at radius 3 is 2.75 bits per heavy atom. The van der Waals surface area contributed by atoms with Crippen LogP contribution in [0.15, 0.2) is 47.6 Å². The third-order valence-corrected chi connectivity index (χ3v) is 2.59. The van der Waals surface area contributed by atoms with Gasteiger partial charge in [0.1, 0.15) is 5.71 Å². The van der Waals surface area contributed by atoms with E-state index in [0.717, 1.165) is 5.56 Å². The number of hydrogen-bond donors (Lipinski definition) is 2. The number of aryl methyl sites for hydroxylation is 1. The molecule has 0 heterocycles. The van der Waals surface area contributed by atoms with Crippen molar-refractivity contribution in [2.24, 2.45) is 5.10 Å². The Morgan fingerprint density at radius 1 is 1.30 bits per heavy atom. The summed E-state index contributed by atoms with van der Waals surface area (Å²) in [6.45, 7) is 3.28. The molecule has 0 spiro atoms. The molecule has 1 aliphatic carbocycles. The lowest BCUT2D eigenvalue weighted by Crippen LogP contribution is -2.12. The minimum Gasteiger partial charge on any atom is -0.424 e. The van der Waals surface area contributed by atoms with E-state index < -0.39 is 5.97 Å². The molecular formula is C15H15N3O2. The van der Waals surface area contributed by atoms with Crippen molar-refractivity contribution in [3.05, 3.63) is 48.1 Å². The molecule has 20 heavy (non-hydrogen) atoms. The van der Waals surface area contributed by atoms with Crippen LogP contribution in [0, 0.1) is 12.3 Å². The van der Waals surface area contributed by atoms with Crippen LogP contribution in [0.3, 0.4) is 0 Å². The molecule has 2 rings (SSSR count). The summed E-state index contributed by atoms with van der Waals surface area (Å²) in [5.74, 6) is 0.0205. The van der Waals surface area contributed by atoms with Crippen molar-refractivity contribution >= 4 is 23.1 Å². The number of rotatable bonds is 3. The van der Waals surface area contributed by atoms with Crippen molar-refractivity contribution in [1.29, 1.82) is 5.41 Å². The quantitative estimate of drug-likeness (QED) is 0.383. The van der Waals surface area contributed by atoms with Crippen LogP contribution in [-0.4, -0.2) is 17.4 Å². The molecule has 0 aromatic heterocycles. The molecule has 1 aromatic rings. The Kier molecular flexibility index (Phi) is 4.10. The van der Waals surface area contributed by atoms with Gasteiger partial charge in [-0.25, -0.2) is 0 Å². The number of carbonyl (C=O) groups is 1. The monoisotopic (exact) mass is 269 g/mol. The number of anilines is 1. The molecule has 102 valence electrons. The summed E-state index contributed by atoms with van der Waals surface area (Å²) in [4.78, 5) is 11.1. The second-order valence-corrected chi connectivity index (χ2v) is 4.33. The third kappa shape index (κ3) is 3.41. The molecule has 0 saturated carbocycles. The van der Waals surface area contributed by atoms with Gasteiger partial charge in [0.25, 0.3) is 0 Å². The van der Waals surface area contributed by atoms with Crippen molar-refractivity contribution in [2.45, 2.75) is 13.8 Å². The zero-order valence-corrected chi connectivity index (χ0v) is 11.3. The lowest BCUT2D eigenvalue weighted by Gasteiger charge is -2.10. The first-order valence-corrected chi connectivity index (χ1v) is 6.12. The van der Waals surface area contributed by atoms with Crippen LogP contribution in [0.25, 0.3) is 0 Å². The van der Waals surface area contributed by atoms with E-state index in [1.54, 1.807) is 24.3 Å². The second-order valence-electron chi connectivity index (χ2n) is 4.33. The standard InChI is InChI=1S/C15H15N3O2/c1-10-7-8-15(20-11(2)19)14(9-10)18-17-13-6-4-3-5-12(13)16/h3-9,16,18H,1-2H3/b16-12?,17-13-. The fourth-order valence-electron chi connectivity index (χ4n) is 1.67. The SMILES string of the molecule is CC(=O)Oc1ccc(C)cc1N/N=C1/C=CC=CC1=N. The number of allylic oxidation sites excluding steroid dienone is 4. The molecule has 2 N–H and O–H groups in total. The molecule has 0 atom stereocenters. The second kappa shape index (κ2) is 5.97. The summed E-state index contributed by atoms with van der Waals surface area (Å²) in [6.07, 6.45) is 6.97. The number of carbonyl (C=O) groups excluding carboxylic acids is 1. The van der Waals surface area contributed by atoms with Gasteiger partial charge in [0.05, 0.1) is 11.4 Å². The van der Waals surface area contributed by atoms with Crippen LogP contribution in [-0.2, 0) is 4.79 Å². The first-order valence-electron chi connectivity index (χ1n) is 6.12. The van der Waals surface area contributed by atoms with Gasteiger partial charge in [-0.2, -0.15) is 5.10 Å². The molecule has 0 saturated heterocycles. The van der Waals surface area contributed by atoms with E-state index in [4.69, 9.17) is 10.1 Å². The number of nitrogens with one attached hydrogen (secondary N) is 2. The van der Waals surface area contributed by atoms with Crippen LogP contribution in [0.2, 0.25) is 0 Å². The largest absolute Gasteiger partial charge is 0.424 e. The maximum absolute atomic E-state index is 11.1. The van der Waals surface area contributed by atoms with Gasteiger partial charge in [0.2, 0.25) is 0 Å². The number of benzene rings is 1. The number of ether oxygens (including phenoxy) is 1. The highest BCUT2D eigenvalue weighted by molar-refractivity contribution is 6.50. The fourth-order valence-corrected chi connectivity index (χ4v) is 1.67. The first kappa shape index (κ1) is 13.7. The molecule has 0 amide bonds. The number of nitrogens with zero attached hydrogens (tertiary/aromatic N) is 1. The van der Waals surface area contributed by atoms with Crippen LogP contribution in [0.4, 0.5) is 5.69 Å². The predicted molar refractivity (Wildman–Crippen MR) is 79.6 cm³/mol. The normalized spacial score (nSPS) is 15.5. The topological polar surface area (TPSA) is 74.5 Å². The van der Waals surface area contributed by atoms with Gasteiger partial charge in [-0.05, 0) is 36.8 Å². The van der Waals surface area contributed by atoms with Crippen LogP contribution in [0.5, 0.6) is 5.75 Å². The summed E-state index contributed by atoms with van der Waals surface area (Å²) < 4.78 is 5.11. The number of hydrazone groups is 1. The molecule has 0 aliphatic heterocycles. The van der Waals surface area contributed by atoms with E-state index in [1.165, 1.54) is 6.92 Å². The Hall–Kier alpha value is -2.69. The van der Waals surface area contributed by atoms with E-state index in [0.29, 0.717) is 22.9 Å². The highest BCUT2D eigenvalue weighted by Crippen LogP contribution is 2.26. The summed E-state index contributed by atoms with van der Waals surface area (Å²) >= 11 is 0. The van der Waals surface area contributed by atoms with Gasteiger partial charge >= 0.3 is 5.97 Å². The minimum atomic E-state index is -0.391. The van der Waals surface area contributed by atoms with Gasteiger partial charge in [-0.1, -0.05) is 18.2 Å². The lowest BCUT2D eigenvalue weighted by molar-refractivity contribution is -0.131. The summed E-state index contributed by atoms with van der Waals surface area (Å²) in [5.41, 5.74) is 5.28. The molecular weight excluding hydrogens is 254 g/mol. The molecule has 0 radical (unpaired) electrons. The smallest absolute Gasteiger partial charge is 0.308 e. The van der Waals surface area contributed by atoms with E-state index >= 15 is 0 Å². The average molecular weight is 269 g/mol. The minimum absolute atomic E-state index is 0.321. The molecule has 1 aliphatic rings. The number of hydrogen-bond acceptors (Lipinski definition) is 5. The van der Waals surface area contributed by atoms with Gasteiger partial charge in [0.15, 0.2) is 5.75 Å². The van der Waals surface area contributed by atoms with Gasteiger partial charge in [0, 0.05) is 6.92 Å². The molecule has 0 bridgehead atoms. The van der Waals surface area contributed by atoms with Gasteiger partial charge in [-0.3, -0.25) is 15.6 Å². The van der Waals surface area contributed by atoms with Crippen molar-refractivity contribution < 1.29 is 9.53 Å². The Labute approximate surface area is 117 Å². The number of esters is 1. The van der Waals surface area contributed by atoms with Crippen LogP contribution in [0.1, 0.15) is 12.5 Å². The summed E-state index contributed by atoms with van der Waals surface area (Å²) in [5, 5.41) is 11.9. The summed E-state index contributed by atoms with van der Waals surface area (Å²) in [7, 11) is 0. The Bertz CT molecular complexity index is 643. The van der Waals surface area contributed by atoms with Crippen LogP contribution >= 0.6 is 0 Å². The Morgan fingerprint density at radius 2 is 2.05 bits per heavy atom. The van der Waals surface area contributed by atoms with Crippen molar-refractivity contribution in [3.8, 4) is 5.75 Å². The predicted octanol–water partition coefficient (Wildman–Crippen LogP) is 2.83. The molecule has 0 fully saturated rings. The maximum Gasteiger partial charge on any atom is 0.308 e. The van der Waals surface area contributed by atoms with Crippen molar-refractivity contribution in [2.75, 3.05) is 5.43 Å². The van der Waals surface area contributed by atoms with E-state index in [-0.39, 0.29) is 0 Å². The lowest BCUT2D eigenvalue weighted by atomic mass is 10.1. The molecule has 0 unspecified atom stereocenters.